The fraction of sp³-hybridized carbons (Fsp3) is 0.500. The Kier molecular flexibility index (Phi) is 3.84. The summed E-state index contributed by atoms with van der Waals surface area (Å²) < 4.78 is 26.0. The second-order valence-electron chi connectivity index (χ2n) is 5.84. The van der Waals surface area contributed by atoms with E-state index in [0.717, 1.165) is 37.1 Å². The first kappa shape index (κ1) is 15.3. The third-order valence-electron chi connectivity index (χ3n) is 4.34. The van der Waals surface area contributed by atoms with E-state index in [1.165, 1.54) is 9.87 Å². The van der Waals surface area contributed by atoms with E-state index in [2.05, 4.69) is 16.1 Å². The average Bonchev–Trinajstić information content (AvgIpc) is 2.85. The highest BCUT2D eigenvalue weighted by molar-refractivity contribution is 7.86. The van der Waals surface area contributed by atoms with Crippen molar-refractivity contribution in [3.05, 3.63) is 30.1 Å². The quantitative estimate of drug-likeness (QED) is 0.903. The number of aromatic nitrogens is 2. The van der Waals surface area contributed by atoms with Crippen molar-refractivity contribution in [3.63, 3.8) is 0 Å². The number of anilines is 1. The van der Waals surface area contributed by atoms with Crippen LogP contribution in [0.15, 0.2) is 24.5 Å². The fourth-order valence-electron chi connectivity index (χ4n) is 3.08. The van der Waals surface area contributed by atoms with Crippen LogP contribution in [0, 0.1) is 6.92 Å². The summed E-state index contributed by atoms with van der Waals surface area (Å²) in [5.74, 6) is 0. The van der Waals surface area contributed by atoms with Gasteiger partial charge in [-0.05, 0) is 37.5 Å². The van der Waals surface area contributed by atoms with E-state index in [9.17, 15) is 8.42 Å². The van der Waals surface area contributed by atoms with Crippen molar-refractivity contribution in [1.29, 1.82) is 0 Å². The van der Waals surface area contributed by atoms with Crippen LogP contribution in [0.2, 0.25) is 0 Å². The van der Waals surface area contributed by atoms with Crippen LogP contribution in [0.3, 0.4) is 0 Å². The molecule has 0 spiro atoms. The van der Waals surface area contributed by atoms with Gasteiger partial charge in [-0.1, -0.05) is 0 Å². The molecule has 0 atom stereocenters. The topological polar surface area (TPSA) is 83.9 Å². The molecule has 3 heterocycles. The van der Waals surface area contributed by atoms with Gasteiger partial charge in [0.1, 0.15) is 0 Å². The smallest absolute Gasteiger partial charge is 0.276 e. The Morgan fingerprint density at radius 1 is 1.36 bits per heavy atom. The average molecular weight is 323 g/mol. The molecule has 120 valence electrons. The third-order valence-corrected chi connectivity index (χ3v) is 5.44. The molecule has 8 heteroatoms. The van der Waals surface area contributed by atoms with E-state index in [0.29, 0.717) is 0 Å². The highest BCUT2D eigenvalue weighted by atomic mass is 32.2. The first-order chi connectivity index (χ1) is 10.4. The molecule has 1 saturated heterocycles. The maximum atomic E-state index is 11.4. The highest BCUT2D eigenvalue weighted by Gasteiger charge is 2.28. The van der Waals surface area contributed by atoms with Crippen molar-refractivity contribution in [3.8, 4) is 0 Å². The van der Waals surface area contributed by atoms with Crippen LogP contribution >= 0.6 is 0 Å². The van der Waals surface area contributed by atoms with Crippen LogP contribution < -0.4 is 10.0 Å². The van der Waals surface area contributed by atoms with Crippen LogP contribution in [0.25, 0.3) is 5.52 Å². The Hall–Kier alpha value is -1.64. The van der Waals surface area contributed by atoms with Gasteiger partial charge in [0.25, 0.3) is 10.2 Å². The number of hydrogen-bond donors (Lipinski definition) is 1. The Bertz CT molecular complexity index is 778. The summed E-state index contributed by atoms with van der Waals surface area (Å²) in [6, 6.07) is 4.10. The lowest BCUT2D eigenvalue weighted by Crippen LogP contribution is -2.47. The van der Waals surface area contributed by atoms with E-state index in [1.54, 1.807) is 13.2 Å². The second kappa shape index (κ2) is 5.53. The SMILES string of the molecule is Cc1cc2c(N3CCC(N(C)S(N)(=O)=O)CC3)ccnn2c1. The summed E-state index contributed by atoms with van der Waals surface area (Å²) in [6.07, 6.45) is 5.33. The Morgan fingerprint density at radius 3 is 2.68 bits per heavy atom. The van der Waals surface area contributed by atoms with Crippen LogP contribution in [0.4, 0.5) is 5.69 Å². The number of nitrogens with zero attached hydrogens (tertiary/aromatic N) is 4. The van der Waals surface area contributed by atoms with Crippen molar-refractivity contribution in [2.75, 3.05) is 25.0 Å². The molecule has 2 N–H and O–H groups in total. The van der Waals surface area contributed by atoms with Crippen LogP contribution in [0.1, 0.15) is 18.4 Å². The Morgan fingerprint density at radius 2 is 2.05 bits per heavy atom. The standard InChI is InChI=1S/C14H21N5O2S/c1-11-9-14-13(3-6-16-19(14)10-11)18-7-4-12(5-8-18)17(2)22(15,20)21/h3,6,9-10,12H,4-5,7-8H2,1-2H3,(H2,15,20,21). The maximum Gasteiger partial charge on any atom is 0.276 e. The molecule has 0 radical (unpaired) electrons. The first-order valence-corrected chi connectivity index (χ1v) is 8.81. The molecule has 7 nitrogen and oxygen atoms in total. The van der Waals surface area contributed by atoms with Gasteiger partial charge in [0.15, 0.2) is 0 Å². The number of piperidine rings is 1. The predicted octanol–water partition coefficient (Wildman–Crippen LogP) is 0.747. The summed E-state index contributed by atoms with van der Waals surface area (Å²) in [5, 5.41) is 9.52. The van der Waals surface area contributed by atoms with Gasteiger partial charge in [-0.3, -0.25) is 0 Å². The molecular formula is C14H21N5O2S. The first-order valence-electron chi connectivity index (χ1n) is 7.31. The number of rotatable bonds is 3. The Labute approximate surface area is 130 Å². The zero-order valence-corrected chi connectivity index (χ0v) is 13.6. The summed E-state index contributed by atoms with van der Waals surface area (Å²) >= 11 is 0. The van der Waals surface area contributed by atoms with Gasteiger partial charge in [0.05, 0.1) is 11.2 Å². The van der Waals surface area contributed by atoms with Gasteiger partial charge in [0, 0.05) is 38.6 Å². The lowest BCUT2D eigenvalue weighted by Gasteiger charge is -2.36. The summed E-state index contributed by atoms with van der Waals surface area (Å²) in [4.78, 5) is 2.28. The molecule has 3 rings (SSSR count). The molecule has 1 aliphatic rings. The largest absolute Gasteiger partial charge is 0.370 e. The molecule has 1 aliphatic heterocycles. The number of fused-ring (bicyclic) bond motifs is 1. The molecule has 1 fully saturated rings. The van der Waals surface area contributed by atoms with Gasteiger partial charge in [-0.15, -0.1) is 0 Å². The Balaban J connectivity index is 1.78. The molecule has 0 amide bonds. The highest BCUT2D eigenvalue weighted by Crippen LogP contribution is 2.27. The molecular weight excluding hydrogens is 302 g/mol. The zero-order chi connectivity index (χ0) is 15.9. The monoisotopic (exact) mass is 323 g/mol. The molecule has 0 aliphatic carbocycles. The molecule has 22 heavy (non-hydrogen) atoms. The van der Waals surface area contributed by atoms with Crippen LogP contribution in [-0.4, -0.2) is 48.5 Å². The van der Waals surface area contributed by atoms with Gasteiger partial charge in [-0.2, -0.15) is 17.8 Å². The third kappa shape index (κ3) is 2.81. The van der Waals surface area contributed by atoms with Crippen molar-refractivity contribution in [2.45, 2.75) is 25.8 Å². The van der Waals surface area contributed by atoms with Gasteiger partial charge >= 0.3 is 0 Å². The van der Waals surface area contributed by atoms with Crippen LogP contribution in [0.5, 0.6) is 0 Å². The zero-order valence-electron chi connectivity index (χ0n) is 12.8. The number of hydrogen-bond acceptors (Lipinski definition) is 4. The summed E-state index contributed by atoms with van der Waals surface area (Å²) in [6.45, 7) is 3.65. The summed E-state index contributed by atoms with van der Waals surface area (Å²) in [5.41, 5.74) is 3.39. The normalized spacial score (nSPS) is 17.5. The van der Waals surface area contributed by atoms with E-state index >= 15 is 0 Å². The fourth-order valence-corrected chi connectivity index (χ4v) is 3.70. The minimum absolute atomic E-state index is 0.0300. The van der Waals surface area contributed by atoms with E-state index in [4.69, 9.17) is 5.14 Å². The van der Waals surface area contributed by atoms with E-state index in [-0.39, 0.29) is 6.04 Å². The molecule has 0 aromatic carbocycles. The maximum absolute atomic E-state index is 11.4. The molecule has 0 bridgehead atoms. The van der Waals surface area contributed by atoms with Gasteiger partial charge in [-0.25, -0.2) is 9.65 Å². The van der Waals surface area contributed by atoms with Gasteiger partial charge < -0.3 is 4.90 Å². The molecule has 0 saturated carbocycles. The predicted molar refractivity (Wildman–Crippen MR) is 86.0 cm³/mol. The van der Waals surface area contributed by atoms with Crippen molar-refractivity contribution in [2.24, 2.45) is 5.14 Å². The van der Waals surface area contributed by atoms with Crippen LogP contribution in [-0.2, 0) is 10.2 Å². The van der Waals surface area contributed by atoms with Gasteiger partial charge in [0.2, 0.25) is 0 Å². The lowest BCUT2D eigenvalue weighted by atomic mass is 10.0. The van der Waals surface area contributed by atoms with E-state index in [1.807, 2.05) is 23.7 Å². The van der Waals surface area contributed by atoms with Crippen molar-refractivity contribution < 1.29 is 8.42 Å². The second-order valence-corrected chi connectivity index (χ2v) is 7.45. The number of nitrogens with two attached hydrogens (primary N) is 1. The minimum Gasteiger partial charge on any atom is -0.370 e. The number of aryl methyl sites for hydroxylation is 1. The molecule has 2 aromatic heterocycles. The molecule has 2 aromatic rings. The lowest BCUT2D eigenvalue weighted by molar-refractivity contribution is 0.312. The minimum atomic E-state index is -3.62. The van der Waals surface area contributed by atoms with Crippen molar-refractivity contribution in [1.82, 2.24) is 13.9 Å². The summed E-state index contributed by atoms with van der Waals surface area (Å²) in [7, 11) is -2.06. The van der Waals surface area contributed by atoms with E-state index < -0.39 is 10.2 Å². The molecule has 0 unspecified atom stereocenters. The van der Waals surface area contributed by atoms with Crippen molar-refractivity contribution >= 4 is 21.4 Å².